The molecule has 112 valence electrons. The van der Waals surface area contributed by atoms with Crippen molar-refractivity contribution in [2.45, 2.75) is 27.4 Å². The van der Waals surface area contributed by atoms with Crippen molar-refractivity contribution in [1.29, 1.82) is 0 Å². The zero-order valence-corrected chi connectivity index (χ0v) is 13.1. The van der Waals surface area contributed by atoms with Gasteiger partial charge in [-0.25, -0.2) is 4.98 Å². The van der Waals surface area contributed by atoms with Gasteiger partial charge in [0, 0.05) is 25.8 Å². The quantitative estimate of drug-likeness (QED) is 0.791. The molecule has 0 fully saturated rings. The molecule has 0 N–H and O–H groups in total. The summed E-state index contributed by atoms with van der Waals surface area (Å²) in [6.45, 7) is 5.47. The summed E-state index contributed by atoms with van der Waals surface area (Å²) < 4.78 is 11.2. The maximum atomic E-state index is 11.7. The molecule has 0 bridgehead atoms. The molecule has 0 atom stereocenters. The predicted octanol–water partition coefficient (Wildman–Crippen LogP) is 3.14. The van der Waals surface area contributed by atoms with Crippen LogP contribution in [0, 0.1) is 13.8 Å². The van der Waals surface area contributed by atoms with Gasteiger partial charge in [0.05, 0.1) is 11.3 Å². The Morgan fingerprint density at radius 3 is 2.57 bits per heavy atom. The second-order valence-corrected chi connectivity index (χ2v) is 5.17. The van der Waals surface area contributed by atoms with Gasteiger partial charge in [-0.3, -0.25) is 4.79 Å². The van der Waals surface area contributed by atoms with Crippen LogP contribution >= 0.6 is 0 Å². The van der Waals surface area contributed by atoms with Gasteiger partial charge < -0.3 is 14.1 Å². The van der Waals surface area contributed by atoms with E-state index in [1.54, 1.807) is 6.07 Å². The fourth-order valence-electron chi connectivity index (χ4n) is 1.94. The third kappa shape index (κ3) is 3.42. The first-order valence-corrected chi connectivity index (χ1v) is 6.76. The number of aromatic nitrogens is 1. The molecule has 0 unspecified atom stereocenters. The van der Waals surface area contributed by atoms with Crippen LogP contribution in [-0.4, -0.2) is 24.9 Å². The lowest BCUT2D eigenvalue weighted by molar-refractivity contribution is 0.101. The van der Waals surface area contributed by atoms with E-state index in [4.69, 9.17) is 9.15 Å². The monoisotopic (exact) mass is 288 g/mol. The number of carbonyl (C=O) groups excluding carboxylic acids is 1. The van der Waals surface area contributed by atoms with Crippen molar-refractivity contribution in [2.75, 3.05) is 19.0 Å². The van der Waals surface area contributed by atoms with E-state index >= 15 is 0 Å². The SMILES string of the molecule is CC(=O)c1ccc(N(C)C)cc1OCc1nc(C)c(C)o1. The fraction of sp³-hybridized carbons (Fsp3) is 0.375. The lowest BCUT2D eigenvalue weighted by atomic mass is 10.1. The van der Waals surface area contributed by atoms with E-state index in [1.807, 2.05) is 45.0 Å². The zero-order valence-electron chi connectivity index (χ0n) is 13.1. The largest absolute Gasteiger partial charge is 0.483 e. The minimum atomic E-state index is -0.0323. The molecule has 1 heterocycles. The number of ether oxygens (including phenoxy) is 1. The lowest BCUT2D eigenvalue weighted by Gasteiger charge is -2.15. The summed E-state index contributed by atoms with van der Waals surface area (Å²) in [5, 5.41) is 0. The maximum absolute atomic E-state index is 11.7. The number of aryl methyl sites for hydroxylation is 2. The number of anilines is 1. The Bertz CT molecular complexity index is 640. The molecule has 5 heteroatoms. The normalized spacial score (nSPS) is 10.5. The molecule has 0 amide bonds. The number of ketones is 1. The second kappa shape index (κ2) is 5.99. The highest BCUT2D eigenvalue weighted by Crippen LogP contribution is 2.26. The van der Waals surface area contributed by atoms with Crippen LogP contribution in [0.3, 0.4) is 0 Å². The van der Waals surface area contributed by atoms with Gasteiger partial charge in [-0.2, -0.15) is 0 Å². The van der Waals surface area contributed by atoms with Gasteiger partial charge in [-0.15, -0.1) is 0 Å². The third-order valence-electron chi connectivity index (χ3n) is 3.28. The molecule has 0 aliphatic heterocycles. The molecule has 2 aromatic rings. The number of rotatable bonds is 5. The molecule has 0 spiro atoms. The van der Waals surface area contributed by atoms with Crippen LogP contribution in [0.1, 0.15) is 34.6 Å². The van der Waals surface area contributed by atoms with Gasteiger partial charge in [0.15, 0.2) is 12.4 Å². The standard InChI is InChI=1S/C16H20N2O3/c1-10-12(3)21-16(17-10)9-20-15-8-13(18(4)5)6-7-14(15)11(2)19/h6-8H,9H2,1-5H3. The van der Waals surface area contributed by atoms with Crippen LogP contribution < -0.4 is 9.64 Å². The minimum absolute atomic E-state index is 0.0323. The average molecular weight is 288 g/mol. The molecular weight excluding hydrogens is 268 g/mol. The number of Topliss-reactive ketones (excluding diaryl/α,β-unsaturated/α-hetero) is 1. The van der Waals surface area contributed by atoms with Crippen LogP contribution in [0.5, 0.6) is 5.75 Å². The van der Waals surface area contributed by atoms with E-state index in [-0.39, 0.29) is 12.4 Å². The summed E-state index contributed by atoms with van der Waals surface area (Å²) in [5.74, 6) is 1.80. The van der Waals surface area contributed by atoms with E-state index < -0.39 is 0 Å². The Hall–Kier alpha value is -2.30. The second-order valence-electron chi connectivity index (χ2n) is 5.17. The Morgan fingerprint density at radius 1 is 1.33 bits per heavy atom. The van der Waals surface area contributed by atoms with Crippen LogP contribution in [-0.2, 0) is 6.61 Å². The smallest absolute Gasteiger partial charge is 0.232 e. The predicted molar refractivity (Wildman–Crippen MR) is 81.1 cm³/mol. The van der Waals surface area contributed by atoms with Crippen molar-refractivity contribution in [2.24, 2.45) is 0 Å². The fourth-order valence-corrected chi connectivity index (χ4v) is 1.94. The molecule has 0 radical (unpaired) electrons. The minimum Gasteiger partial charge on any atom is -0.483 e. The molecule has 1 aromatic carbocycles. The van der Waals surface area contributed by atoms with Crippen LogP contribution in [0.15, 0.2) is 22.6 Å². The zero-order chi connectivity index (χ0) is 15.6. The highest BCUT2D eigenvalue weighted by molar-refractivity contribution is 5.97. The third-order valence-corrected chi connectivity index (χ3v) is 3.28. The number of benzene rings is 1. The first-order valence-electron chi connectivity index (χ1n) is 6.76. The topological polar surface area (TPSA) is 55.6 Å². The van der Waals surface area contributed by atoms with Crippen LogP contribution in [0.4, 0.5) is 5.69 Å². The Morgan fingerprint density at radius 2 is 2.05 bits per heavy atom. The Labute approximate surface area is 124 Å². The first-order chi connectivity index (χ1) is 9.88. The average Bonchev–Trinajstić information content (AvgIpc) is 2.75. The molecule has 1 aromatic heterocycles. The van der Waals surface area contributed by atoms with Gasteiger partial charge >= 0.3 is 0 Å². The van der Waals surface area contributed by atoms with E-state index in [0.29, 0.717) is 17.2 Å². The van der Waals surface area contributed by atoms with Crippen molar-refractivity contribution in [1.82, 2.24) is 4.98 Å². The molecule has 21 heavy (non-hydrogen) atoms. The van der Waals surface area contributed by atoms with Crippen molar-refractivity contribution < 1.29 is 13.9 Å². The molecule has 0 aliphatic rings. The summed E-state index contributed by atoms with van der Waals surface area (Å²) >= 11 is 0. The molecule has 5 nitrogen and oxygen atoms in total. The number of oxazole rings is 1. The van der Waals surface area contributed by atoms with E-state index in [1.165, 1.54) is 6.92 Å². The highest BCUT2D eigenvalue weighted by Gasteiger charge is 2.12. The number of carbonyl (C=O) groups is 1. The Balaban J connectivity index is 2.24. The van der Waals surface area contributed by atoms with Gasteiger partial charge in [-0.05, 0) is 32.9 Å². The van der Waals surface area contributed by atoms with E-state index in [0.717, 1.165) is 17.1 Å². The number of hydrogen-bond acceptors (Lipinski definition) is 5. The van der Waals surface area contributed by atoms with Crippen molar-refractivity contribution in [3.05, 3.63) is 41.1 Å². The Kier molecular flexibility index (Phi) is 4.31. The summed E-state index contributed by atoms with van der Waals surface area (Å²) in [5.41, 5.74) is 2.37. The van der Waals surface area contributed by atoms with Crippen molar-refractivity contribution in [3.63, 3.8) is 0 Å². The van der Waals surface area contributed by atoms with Crippen molar-refractivity contribution >= 4 is 11.5 Å². The van der Waals surface area contributed by atoms with Gasteiger partial charge in [0.1, 0.15) is 11.5 Å². The maximum Gasteiger partial charge on any atom is 0.232 e. The molecular formula is C16H20N2O3. The molecule has 0 aliphatic carbocycles. The van der Waals surface area contributed by atoms with Crippen LogP contribution in [0.2, 0.25) is 0 Å². The van der Waals surface area contributed by atoms with Crippen molar-refractivity contribution in [3.8, 4) is 5.75 Å². The summed E-state index contributed by atoms with van der Waals surface area (Å²) in [6.07, 6.45) is 0. The van der Waals surface area contributed by atoms with Gasteiger partial charge in [0.25, 0.3) is 0 Å². The van der Waals surface area contributed by atoms with E-state index in [9.17, 15) is 4.79 Å². The van der Waals surface area contributed by atoms with Gasteiger partial charge in [-0.1, -0.05) is 0 Å². The number of nitrogens with zero attached hydrogens (tertiary/aromatic N) is 2. The highest BCUT2D eigenvalue weighted by atomic mass is 16.5. The van der Waals surface area contributed by atoms with Gasteiger partial charge in [0.2, 0.25) is 5.89 Å². The first kappa shape index (κ1) is 15.1. The van der Waals surface area contributed by atoms with E-state index in [2.05, 4.69) is 4.98 Å². The molecule has 0 saturated heterocycles. The summed E-state index contributed by atoms with van der Waals surface area (Å²) in [7, 11) is 3.88. The number of hydrogen-bond donors (Lipinski definition) is 0. The van der Waals surface area contributed by atoms with Crippen LogP contribution in [0.25, 0.3) is 0 Å². The summed E-state index contributed by atoms with van der Waals surface area (Å²) in [6, 6.07) is 5.52. The molecule has 0 saturated carbocycles. The lowest BCUT2D eigenvalue weighted by Crippen LogP contribution is -2.10. The molecule has 2 rings (SSSR count). The summed E-state index contributed by atoms with van der Waals surface area (Å²) in [4.78, 5) is 17.9.